The fraction of sp³-hybridized carbons (Fsp3) is 0.217. The second kappa shape index (κ2) is 8.62. The molecule has 2 aromatic carbocycles. The average Bonchev–Trinajstić information content (AvgIpc) is 2.79. The van der Waals surface area contributed by atoms with Gasteiger partial charge in [0.2, 0.25) is 0 Å². The summed E-state index contributed by atoms with van der Waals surface area (Å²) in [5, 5.41) is 12.3. The monoisotopic (exact) mass is 398 g/mol. The third-order valence-corrected chi connectivity index (χ3v) is 5.11. The van der Waals surface area contributed by atoms with Crippen molar-refractivity contribution in [2.75, 3.05) is 36.4 Å². The molecule has 2 heterocycles. The number of hydrogen-bond donors (Lipinski definition) is 1. The van der Waals surface area contributed by atoms with Gasteiger partial charge in [0.15, 0.2) is 0 Å². The molecular weight excluding hydrogens is 376 g/mol. The van der Waals surface area contributed by atoms with Crippen LogP contribution in [-0.2, 0) is 0 Å². The fourth-order valence-corrected chi connectivity index (χ4v) is 3.49. The molecule has 0 spiro atoms. The quantitative estimate of drug-likeness (QED) is 0.725. The molecule has 1 amide bonds. The van der Waals surface area contributed by atoms with Crippen molar-refractivity contribution >= 4 is 23.1 Å². The molecule has 0 atom stereocenters. The molecule has 150 valence electrons. The normalized spacial score (nSPS) is 13.6. The van der Waals surface area contributed by atoms with Crippen LogP contribution in [0.5, 0.6) is 0 Å². The number of carbonyl (C=O) groups is 1. The van der Waals surface area contributed by atoms with Gasteiger partial charge in [-0.2, -0.15) is 5.26 Å². The van der Waals surface area contributed by atoms with Crippen LogP contribution < -0.4 is 10.2 Å². The zero-order valence-corrected chi connectivity index (χ0v) is 16.7. The highest BCUT2D eigenvalue weighted by Gasteiger charge is 2.23. The van der Waals surface area contributed by atoms with Gasteiger partial charge in [0.05, 0.1) is 23.6 Å². The van der Waals surface area contributed by atoms with Crippen molar-refractivity contribution in [2.24, 2.45) is 0 Å². The molecule has 0 bridgehead atoms. The molecule has 1 N–H and O–H groups in total. The van der Waals surface area contributed by atoms with Crippen molar-refractivity contribution in [3.63, 3.8) is 0 Å². The second-order valence-electron chi connectivity index (χ2n) is 7.19. The minimum Gasteiger partial charge on any atom is -0.368 e. The van der Waals surface area contributed by atoms with Crippen molar-refractivity contribution < 1.29 is 4.79 Å². The minimum atomic E-state index is -0.115. The Bertz CT molecular complexity index is 1080. The molecule has 1 aliphatic heterocycles. The highest BCUT2D eigenvalue weighted by atomic mass is 16.2. The predicted octanol–water partition coefficient (Wildman–Crippen LogP) is 3.36. The van der Waals surface area contributed by atoms with Crippen LogP contribution in [0.15, 0.2) is 60.9 Å². The van der Waals surface area contributed by atoms with E-state index < -0.39 is 0 Å². The Labute approximate surface area is 175 Å². The maximum absolute atomic E-state index is 12.8. The first-order valence-electron chi connectivity index (χ1n) is 9.83. The minimum absolute atomic E-state index is 0.115. The van der Waals surface area contributed by atoms with Gasteiger partial charge in [-0.15, -0.1) is 0 Å². The highest BCUT2D eigenvalue weighted by Crippen LogP contribution is 2.20. The third kappa shape index (κ3) is 4.23. The van der Waals surface area contributed by atoms with Gasteiger partial charge in [-0.25, -0.2) is 9.97 Å². The predicted molar refractivity (Wildman–Crippen MR) is 116 cm³/mol. The number of carbonyl (C=O) groups excluding carboxylic acids is 1. The Hall–Kier alpha value is -3.92. The lowest BCUT2D eigenvalue weighted by Gasteiger charge is -2.36. The van der Waals surface area contributed by atoms with Crippen LogP contribution in [0.2, 0.25) is 0 Å². The largest absolute Gasteiger partial charge is 0.368 e. The number of aromatic nitrogens is 2. The summed E-state index contributed by atoms with van der Waals surface area (Å²) in [7, 11) is 0. The van der Waals surface area contributed by atoms with E-state index in [4.69, 9.17) is 0 Å². The van der Waals surface area contributed by atoms with Gasteiger partial charge < -0.3 is 15.1 Å². The molecule has 3 aromatic rings. The van der Waals surface area contributed by atoms with E-state index in [2.05, 4.69) is 57.4 Å². The lowest BCUT2D eigenvalue weighted by molar-refractivity contribution is 0.0740. The van der Waals surface area contributed by atoms with Gasteiger partial charge in [0.1, 0.15) is 17.6 Å². The van der Waals surface area contributed by atoms with Gasteiger partial charge in [-0.05, 0) is 36.8 Å². The highest BCUT2D eigenvalue weighted by molar-refractivity contribution is 5.92. The average molecular weight is 398 g/mol. The molecule has 7 heteroatoms. The maximum Gasteiger partial charge on any atom is 0.274 e. The number of anilines is 3. The molecule has 1 fully saturated rings. The summed E-state index contributed by atoms with van der Waals surface area (Å²) in [5.74, 6) is 0.369. The first-order chi connectivity index (χ1) is 14.6. The van der Waals surface area contributed by atoms with Gasteiger partial charge in [0, 0.05) is 31.9 Å². The van der Waals surface area contributed by atoms with Crippen molar-refractivity contribution in [1.29, 1.82) is 5.26 Å². The molecule has 7 nitrogen and oxygen atoms in total. The van der Waals surface area contributed by atoms with Gasteiger partial charge >= 0.3 is 0 Å². The van der Waals surface area contributed by atoms with Crippen LogP contribution in [0.3, 0.4) is 0 Å². The molecule has 0 unspecified atom stereocenters. The topological polar surface area (TPSA) is 85.1 Å². The lowest BCUT2D eigenvalue weighted by atomic mass is 10.2. The fourth-order valence-electron chi connectivity index (χ4n) is 3.49. The zero-order chi connectivity index (χ0) is 20.9. The van der Waals surface area contributed by atoms with Crippen LogP contribution in [-0.4, -0.2) is 47.0 Å². The van der Waals surface area contributed by atoms with Crippen LogP contribution in [0.25, 0.3) is 0 Å². The van der Waals surface area contributed by atoms with Crippen molar-refractivity contribution in [1.82, 2.24) is 14.9 Å². The molecule has 1 aliphatic rings. The van der Waals surface area contributed by atoms with Gasteiger partial charge in [-0.3, -0.25) is 4.79 Å². The summed E-state index contributed by atoms with van der Waals surface area (Å²) in [6.07, 6.45) is 3.00. The molecule has 1 aromatic heterocycles. The summed E-state index contributed by atoms with van der Waals surface area (Å²) >= 11 is 0. The molecule has 0 radical (unpaired) electrons. The molecule has 0 saturated carbocycles. The first-order valence-corrected chi connectivity index (χ1v) is 9.83. The lowest BCUT2D eigenvalue weighted by Crippen LogP contribution is -2.49. The van der Waals surface area contributed by atoms with Crippen molar-refractivity contribution in [3.05, 3.63) is 77.7 Å². The number of rotatable bonds is 4. The number of nitrogens with one attached hydrogen (secondary N) is 1. The van der Waals surface area contributed by atoms with E-state index in [9.17, 15) is 10.1 Å². The molecule has 1 saturated heterocycles. The third-order valence-electron chi connectivity index (χ3n) is 5.11. The van der Waals surface area contributed by atoms with Crippen LogP contribution in [0, 0.1) is 18.3 Å². The van der Waals surface area contributed by atoms with E-state index in [1.54, 1.807) is 18.2 Å². The number of hydrogen-bond acceptors (Lipinski definition) is 6. The number of amides is 1. The van der Waals surface area contributed by atoms with E-state index in [-0.39, 0.29) is 5.91 Å². The number of nitrogens with zero attached hydrogens (tertiary/aromatic N) is 5. The van der Waals surface area contributed by atoms with E-state index in [1.807, 2.05) is 11.0 Å². The number of benzene rings is 2. The second-order valence-corrected chi connectivity index (χ2v) is 7.19. The van der Waals surface area contributed by atoms with Crippen LogP contribution in [0.1, 0.15) is 21.6 Å². The van der Waals surface area contributed by atoms with Crippen LogP contribution >= 0.6 is 0 Å². The van der Waals surface area contributed by atoms with Gasteiger partial charge in [0.25, 0.3) is 5.91 Å². The SMILES string of the molecule is Cc1cccc(N2CCN(C(=O)c3cnc(Nc4ccccc4C#N)cn3)CC2)c1. The summed E-state index contributed by atoms with van der Waals surface area (Å²) in [4.78, 5) is 25.5. The Balaban J connectivity index is 1.38. The maximum atomic E-state index is 12.8. The van der Waals surface area contributed by atoms with Crippen LogP contribution in [0.4, 0.5) is 17.2 Å². The number of piperazine rings is 1. The number of para-hydroxylation sites is 1. The first kappa shape index (κ1) is 19.4. The zero-order valence-electron chi connectivity index (χ0n) is 16.7. The summed E-state index contributed by atoms with van der Waals surface area (Å²) in [6, 6.07) is 17.7. The summed E-state index contributed by atoms with van der Waals surface area (Å²) < 4.78 is 0. The van der Waals surface area contributed by atoms with E-state index >= 15 is 0 Å². The van der Waals surface area contributed by atoms with Crippen molar-refractivity contribution in [2.45, 2.75) is 6.92 Å². The Kier molecular flexibility index (Phi) is 5.57. The smallest absolute Gasteiger partial charge is 0.274 e. The summed E-state index contributed by atoms with van der Waals surface area (Å²) in [5.41, 5.74) is 3.91. The molecule has 4 rings (SSSR count). The Morgan fingerprint density at radius 1 is 1.03 bits per heavy atom. The van der Waals surface area contributed by atoms with Crippen molar-refractivity contribution in [3.8, 4) is 6.07 Å². The van der Waals surface area contributed by atoms with E-state index in [0.29, 0.717) is 35.9 Å². The van der Waals surface area contributed by atoms with E-state index in [1.165, 1.54) is 23.6 Å². The molecular formula is C23H22N6O. The Morgan fingerprint density at radius 3 is 2.53 bits per heavy atom. The number of aryl methyl sites for hydroxylation is 1. The Morgan fingerprint density at radius 2 is 1.83 bits per heavy atom. The van der Waals surface area contributed by atoms with Gasteiger partial charge in [-0.1, -0.05) is 24.3 Å². The molecule has 30 heavy (non-hydrogen) atoms. The van der Waals surface area contributed by atoms with E-state index in [0.717, 1.165) is 13.1 Å². The number of nitriles is 1. The standard InChI is InChI=1S/C23H22N6O/c1-17-5-4-7-19(13-17)28-9-11-29(12-10-28)23(30)21-15-26-22(16-25-21)27-20-8-3-2-6-18(20)14-24/h2-8,13,15-16H,9-12H2,1H3,(H,26,27). The molecule has 0 aliphatic carbocycles. The summed E-state index contributed by atoms with van der Waals surface area (Å²) in [6.45, 7) is 4.94.